The molecule has 2 bridgehead atoms. The molecule has 0 spiro atoms. The third-order valence-electron chi connectivity index (χ3n) is 5.41. The molecule has 100 valence electrons. The lowest BCUT2D eigenvalue weighted by molar-refractivity contribution is 0.296. The van der Waals surface area contributed by atoms with Crippen molar-refractivity contribution in [1.82, 2.24) is 4.57 Å². The molecule has 2 fully saturated rings. The van der Waals surface area contributed by atoms with Crippen molar-refractivity contribution >= 4 is 10.9 Å². The zero-order valence-corrected chi connectivity index (χ0v) is 11.4. The Morgan fingerprint density at radius 2 is 2.05 bits per heavy atom. The molecule has 2 nitrogen and oxygen atoms in total. The van der Waals surface area contributed by atoms with Crippen LogP contribution in [0.1, 0.15) is 31.4 Å². The number of nitrogens with zero attached hydrogens (tertiary/aromatic N) is 1. The Balaban J connectivity index is 1.70. The molecule has 3 atom stereocenters. The molecule has 19 heavy (non-hydrogen) atoms. The Kier molecular flexibility index (Phi) is 2.66. The highest BCUT2D eigenvalue weighted by molar-refractivity contribution is 5.81. The Morgan fingerprint density at radius 1 is 1.16 bits per heavy atom. The highest BCUT2D eigenvalue weighted by Gasteiger charge is 2.39. The smallest absolute Gasteiger partial charge is 0.0483 e. The van der Waals surface area contributed by atoms with Crippen molar-refractivity contribution in [3.63, 3.8) is 0 Å². The fourth-order valence-electron chi connectivity index (χ4n) is 4.49. The highest BCUT2D eigenvalue weighted by Crippen LogP contribution is 2.49. The van der Waals surface area contributed by atoms with Gasteiger partial charge in [0.05, 0.1) is 0 Å². The van der Waals surface area contributed by atoms with Crippen LogP contribution in [0, 0.1) is 17.8 Å². The minimum absolute atomic E-state index is 0.648. The number of aromatic nitrogens is 1. The fourth-order valence-corrected chi connectivity index (χ4v) is 4.49. The first-order valence-corrected chi connectivity index (χ1v) is 7.62. The minimum atomic E-state index is 0.648. The summed E-state index contributed by atoms with van der Waals surface area (Å²) in [7, 11) is 0. The number of nitrogens with two attached hydrogens (primary N) is 1. The number of hydrogen-bond donors (Lipinski definition) is 1. The minimum Gasteiger partial charge on any atom is -0.343 e. The summed E-state index contributed by atoms with van der Waals surface area (Å²) < 4.78 is 2.49. The standard InChI is InChI=1S/C17H22N2/c18-10-16-9-14-3-1-2-4-17(14)19(16)11-15-8-12-5-6-13(15)7-12/h1-4,9,12-13,15H,5-8,10-11,18H2. The predicted molar refractivity (Wildman–Crippen MR) is 78.8 cm³/mol. The predicted octanol–water partition coefficient (Wildman–Crippen LogP) is 3.54. The van der Waals surface area contributed by atoms with E-state index in [1.54, 1.807) is 0 Å². The van der Waals surface area contributed by atoms with Crippen LogP contribution in [-0.4, -0.2) is 4.57 Å². The van der Waals surface area contributed by atoms with Gasteiger partial charge in [0.2, 0.25) is 0 Å². The van der Waals surface area contributed by atoms with E-state index in [0.717, 1.165) is 17.8 Å². The molecule has 3 unspecified atom stereocenters. The third kappa shape index (κ3) is 1.81. The molecule has 2 N–H and O–H groups in total. The van der Waals surface area contributed by atoms with Crippen LogP contribution in [0.25, 0.3) is 10.9 Å². The van der Waals surface area contributed by atoms with Crippen LogP contribution >= 0.6 is 0 Å². The lowest BCUT2D eigenvalue weighted by Gasteiger charge is -2.23. The van der Waals surface area contributed by atoms with Crippen LogP contribution < -0.4 is 5.73 Å². The van der Waals surface area contributed by atoms with Crippen molar-refractivity contribution in [2.45, 2.75) is 38.8 Å². The van der Waals surface area contributed by atoms with Crippen LogP contribution in [0.15, 0.2) is 30.3 Å². The van der Waals surface area contributed by atoms with Gasteiger partial charge in [-0.05, 0) is 54.5 Å². The largest absolute Gasteiger partial charge is 0.343 e. The number of rotatable bonds is 3. The van der Waals surface area contributed by atoms with Crippen molar-refractivity contribution in [3.8, 4) is 0 Å². The quantitative estimate of drug-likeness (QED) is 0.892. The van der Waals surface area contributed by atoms with Gasteiger partial charge in [-0.2, -0.15) is 0 Å². The molecule has 0 saturated heterocycles. The molecule has 0 aliphatic heterocycles. The summed E-state index contributed by atoms with van der Waals surface area (Å²) in [5.74, 6) is 2.90. The van der Waals surface area contributed by atoms with Crippen molar-refractivity contribution < 1.29 is 0 Å². The summed E-state index contributed by atoms with van der Waals surface area (Å²) in [4.78, 5) is 0. The maximum atomic E-state index is 5.94. The van der Waals surface area contributed by atoms with Gasteiger partial charge in [0, 0.05) is 24.3 Å². The first kappa shape index (κ1) is 11.5. The Labute approximate surface area is 114 Å². The second-order valence-electron chi connectivity index (χ2n) is 6.44. The summed E-state index contributed by atoms with van der Waals surface area (Å²) in [5, 5.41) is 1.34. The van der Waals surface area contributed by atoms with E-state index in [0.29, 0.717) is 6.54 Å². The van der Waals surface area contributed by atoms with Gasteiger partial charge in [0.1, 0.15) is 0 Å². The van der Waals surface area contributed by atoms with E-state index in [9.17, 15) is 0 Å². The molecule has 1 heterocycles. The molecular weight excluding hydrogens is 232 g/mol. The molecule has 4 rings (SSSR count). The summed E-state index contributed by atoms with van der Waals surface area (Å²) in [6.45, 7) is 1.83. The molecule has 1 aromatic carbocycles. The molecule has 1 aromatic heterocycles. The van der Waals surface area contributed by atoms with Crippen molar-refractivity contribution in [2.75, 3.05) is 0 Å². The maximum absolute atomic E-state index is 5.94. The Morgan fingerprint density at radius 3 is 2.79 bits per heavy atom. The van der Waals surface area contributed by atoms with E-state index in [1.807, 2.05) is 0 Å². The first-order chi connectivity index (χ1) is 9.35. The molecule has 2 heteroatoms. The van der Waals surface area contributed by atoms with E-state index < -0.39 is 0 Å². The highest BCUT2D eigenvalue weighted by atomic mass is 15.0. The zero-order valence-electron chi connectivity index (χ0n) is 11.4. The SMILES string of the molecule is NCc1cc2ccccc2n1CC1CC2CCC1C2. The van der Waals surface area contributed by atoms with Gasteiger partial charge in [0.25, 0.3) is 0 Å². The van der Waals surface area contributed by atoms with E-state index in [4.69, 9.17) is 5.73 Å². The van der Waals surface area contributed by atoms with Crippen LogP contribution in [0.2, 0.25) is 0 Å². The number of hydrogen-bond acceptors (Lipinski definition) is 1. The van der Waals surface area contributed by atoms with Crippen LogP contribution in [0.4, 0.5) is 0 Å². The van der Waals surface area contributed by atoms with Gasteiger partial charge in [-0.1, -0.05) is 24.6 Å². The van der Waals surface area contributed by atoms with Crippen molar-refractivity contribution in [3.05, 3.63) is 36.0 Å². The molecule has 2 saturated carbocycles. The fraction of sp³-hybridized carbons (Fsp3) is 0.529. The molecule has 0 radical (unpaired) electrons. The van der Waals surface area contributed by atoms with Gasteiger partial charge in [-0.15, -0.1) is 0 Å². The van der Waals surface area contributed by atoms with Crippen LogP contribution in [-0.2, 0) is 13.1 Å². The second kappa shape index (κ2) is 4.38. The van der Waals surface area contributed by atoms with E-state index in [-0.39, 0.29) is 0 Å². The van der Waals surface area contributed by atoms with Gasteiger partial charge >= 0.3 is 0 Å². The topological polar surface area (TPSA) is 30.9 Å². The lowest BCUT2D eigenvalue weighted by atomic mass is 9.89. The van der Waals surface area contributed by atoms with E-state index >= 15 is 0 Å². The number of para-hydroxylation sites is 1. The van der Waals surface area contributed by atoms with Gasteiger partial charge in [-0.25, -0.2) is 0 Å². The molecule has 2 aromatic rings. The summed E-state index contributed by atoms with van der Waals surface area (Å²) >= 11 is 0. The molecule has 0 amide bonds. The molecule has 2 aliphatic rings. The Hall–Kier alpha value is -1.28. The van der Waals surface area contributed by atoms with Gasteiger partial charge in [0.15, 0.2) is 0 Å². The summed E-state index contributed by atoms with van der Waals surface area (Å²) in [5.41, 5.74) is 8.61. The monoisotopic (exact) mass is 254 g/mol. The average Bonchev–Trinajstić information content (AvgIpc) is 3.13. The third-order valence-corrected chi connectivity index (χ3v) is 5.41. The lowest BCUT2D eigenvalue weighted by Crippen LogP contribution is -2.19. The summed E-state index contributed by atoms with van der Waals surface area (Å²) in [6.07, 6.45) is 5.88. The average molecular weight is 254 g/mol. The van der Waals surface area contributed by atoms with Crippen molar-refractivity contribution in [2.24, 2.45) is 23.5 Å². The normalized spacial score (nSPS) is 29.4. The number of fused-ring (bicyclic) bond motifs is 3. The summed E-state index contributed by atoms with van der Waals surface area (Å²) in [6, 6.07) is 11.0. The van der Waals surface area contributed by atoms with Crippen LogP contribution in [0.5, 0.6) is 0 Å². The molecule has 2 aliphatic carbocycles. The van der Waals surface area contributed by atoms with Gasteiger partial charge in [-0.3, -0.25) is 0 Å². The maximum Gasteiger partial charge on any atom is 0.0483 e. The number of benzene rings is 1. The van der Waals surface area contributed by atoms with Gasteiger partial charge < -0.3 is 10.3 Å². The van der Waals surface area contributed by atoms with E-state index in [1.165, 1.54) is 48.8 Å². The Bertz CT molecular complexity index is 598. The van der Waals surface area contributed by atoms with E-state index in [2.05, 4.69) is 34.9 Å². The molecular formula is C17H22N2. The second-order valence-corrected chi connectivity index (χ2v) is 6.44. The first-order valence-electron chi connectivity index (χ1n) is 7.62. The van der Waals surface area contributed by atoms with Crippen molar-refractivity contribution in [1.29, 1.82) is 0 Å². The zero-order chi connectivity index (χ0) is 12.8. The van der Waals surface area contributed by atoms with Crippen LogP contribution in [0.3, 0.4) is 0 Å².